The van der Waals surface area contributed by atoms with Gasteiger partial charge >= 0.3 is 0 Å². The van der Waals surface area contributed by atoms with E-state index in [2.05, 4.69) is 6.07 Å². The lowest BCUT2D eigenvalue weighted by atomic mass is 10.2. The summed E-state index contributed by atoms with van der Waals surface area (Å²) in [7, 11) is 1.85. The normalized spacial score (nSPS) is 11.9. The minimum absolute atomic E-state index is 0.211. The number of benzene rings is 1. The van der Waals surface area contributed by atoms with Gasteiger partial charge < -0.3 is 10.0 Å². The molecule has 3 nitrogen and oxygen atoms in total. The maximum Gasteiger partial charge on any atom is 0.0992 e. The van der Waals surface area contributed by atoms with E-state index in [-0.39, 0.29) is 5.88 Å². The number of aliphatic hydroxyl groups is 1. The molecule has 80 valence electrons. The van der Waals surface area contributed by atoms with E-state index in [9.17, 15) is 5.11 Å². The number of hydrogen-bond acceptors (Lipinski definition) is 3. The third-order valence-electron chi connectivity index (χ3n) is 2.08. The van der Waals surface area contributed by atoms with Crippen LogP contribution in [0.25, 0.3) is 0 Å². The molecule has 0 aliphatic carbocycles. The van der Waals surface area contributed by atoms with Crippen molar-refractivity contribution in [2.75, 3.05) is 24.4 Å². The van der Waals surface area contributed by atoms with E-state index in [1.807, 2.05) is 24.1 Å². The number of anilines is 1. The van der Waals surface area contributed by atoms with Crippen LogP contribution in [-0.2, 0) is 0 Å². The van der Waals surface area contributed by atoms with Crippen molar-refractivity contribution in [1.82, 2.24) is 0 Å². The second kappa shape index (κ2) is 5.59. The average Bonchev–Trinajstić information content (AvgIpc) is 2.28. The lowest BCUT2D eigenvalue weighted by Gasteiger charge is -2.21. The molecule has 0 saturated heterocycles. The molecule has 1 rings (SSSR count). The van der Waals surface area contributed by atoms with Crippen LogP contribution in [0.5, 0.6) is 0 Å². The maximum absolute atomic E-state index is 9.38. The van der Waals surface area contributed by atoms with Crippen LogP contribution in [0.3, 0.4) is 0 Å². The average molecular weight is 225 g/mol. The molecular formula is C11H13ClN2O. The number of halogens is 1. The standard InChI is InChI=1S/C11H13ClN2O/c1-14(8-11(15)6-12)10-4-2-3-9(5-10)7-13/h2-5,11,15H,6,8H2,1H3. The van der Waals surface area contributed by atoms with Crippen molar-refractivity contribution >= 4 is 17.3 Å². The van der Waals surface area contributed by atoms with Crippen molar-refractivity contribution in [2.24, 2.45) is 0 Å². The van der Waals surface area contributed by atoms with Crippen LogP contribution in [0.2, 0.25) is 0 Å². The van der Waals surface area contributed by atoms with Crippen LogP contribution in [0.1, 0.15) is 5.56 Å². The molecule has 1 unspecified atom stereocenters. The molecule has 0 saturated carbocycles. The SMILES string of the molecule is CN(CC(O)CCl)c1cccc(C#N)c1. The predicted molar refractivity (Wildman–Crippen MR) is 61.2 cm³/mol. The zero-order valence-corrected chi connectivity index (χ0v) is 9.28. The highest BCUT2D eigenvalue weighted by Gasteiger charge is 2.07. The second-order valence-corrected chi connectivity index (χ2v) is 3.66. The molecule has 0 heterocycles. The van der Waals surface area contributed by atoms with Gasteiger partial charge in [-0.15, -0.1) is 11.6 Å². The van der Waals surface area contributed by atoms with Crippen LogP contribution in [0, 0.1) is 11.3 Å². The molecule has 1 N–H and O–H groups in total. The van der Waals surface area contributed by atoms with E-state index < -0.39 is 6.10 Å². The topological polar surface area (TPSA) is 47.3 Å². The Morgan fingerprint density at radius 3 is 2.93 bits per heavy atom. The fourth-order valence-corrected chi connectivity index (χ4v) is 1.38. The number of hydrogen-bond donors (Lipinski definition) is 1. The number of aliphatic hydroxyl groups excluding tert-OH is 1. The van der Waals surface area contributed by atoms with E-state index in [4.69, 9.17) is 16.9 Å². The van der Waals surface area contributed by atoms with Gasteiger partial charge in [-0.05, 0) is 18.2 Å². The smallest absolute Gasteiger partial charge is 0.0992 e. The van der Waals surface area contributed by atoms with Gasteiger partial charge in [0.2, 0.25) is 0 Å². The third-order valence-corrected chi connectivity index (χ3v) is 2.43. The zero-order valence-electron chi connectivity index (χ0n) is 8.52. The minimum Gasteiger partial charge on any atom is -0.390 e. The first kappa shape index (κ1) is 11.8. The highest BCUT2D eigenvalue weighted by atomic mass is 35.5. The molecule has 1 aromatic rings. The van der Waals surface area contributed by atoms with Crippen LogP contribution >= 0.6 is 11.6 Å². The van der Waals surface area contributed by atoms with E-state index in [0.717, 1.165) is 5.69 Å². The van der Waals surface area contributed by atoms with Crippen molar-refractivity contribution in [1.29, 1.82) is 5.26 Å². The molecule has 0 bridgehead atoms. The molecule has 15 heavy (non-hydrogen) atoms. The Kier molecular flexibility index (Phi) is 4.41. The van der Waals surface area contributed by atoms with E-state index in [0.29, 0.717) is 12.1 Å². The maximum atomic E-state index is 9.38. The molecule has 0 aliphatic heterocycles. The Labute approximate surface area is 94.5 Å². The molecule has 0 amide bonds. The molecule has 1 atom stereocenters. The lowest BCUT2D eigenvalue weighted by Crippen LogP contribution is -2.29. The van der Waals surface area contributed by atoms with Gasteiger partial charge in [0, 0.05) is 19.3 Å². The summed E-state index contributed by atoms with van der Waals surface area (Å²) in [6, 6.07) is 9.31. The Hall–Kier alpha value is -1.24. The molecular weight excluding hydrogens is 212 g/mol. The zero-order chi connectivity index (χ0) is 11.3. The lowest BCUT2D eigenvalue weighted by molar-refractivity contribution is 0.205. The molecule has 4 heteroatoms. The Balaban J connectivity index is 2.73. The van der Waals surface area contributed by atoms with E-state index in [1.54, 1.807) is 12.1 Å². The molecule has 0 aromatic heterocycles. The van der Waals surface area contributed by atoms with E-state index in [1.165, 1.54) is 0 Å². The quantitative estimate of drug-likeness (QED) is 0.791. The van der Waals surface area contributed by atoms with Crippen LogP contribution in [0.15, 0.2) is 24.3 Å². The highest BCUT2D eigenvalue weighted by molar-refractivity contribution is 6.18. The first-order chi connectivity index (χ1) is 7.17. The van der Waals surface area contributed by atoms with Gasteiger partial charge in [0.1, 0.15) is 0 Å². The fourth-order valence-electron chi connectivity index (χ4n) is 1.28. The van der Waals surface area contributed by atoms with Crippen LogP contribution in [-0.4, -0.2) is 30.7 Å². The monoisotopic (exact) mass is 224 g/mol. The number of nitriles is 1. The Morgan fingerprint density at radius 1 is 1.60 bits per heavy atom. The Bertz CT molecular complexity index is 362. The van der Waals surface area contributed by atoms with Gasteiger partial charge in [-0.1, -0.05) is 6.07 Å². The molecule has 0 radical (unpaired) electrons. The van der Waals surface area contributed by atoms with Crippen molar-refractivity contribution in [3.8, 4) is 6.07 Å². The van der Waals surface area contributed by atoms with Crippen molar-refractivity contribution in [3.05, 3.63) is 29.8 Å². The van der Waals surface area contributed by atoms with Crippen LogP contribution < -0.4 is 4.90 Å². The summed E-state index contributed by atoms with van der Waals surface area (Å²) < 4.78 is 0. The molecule has 0 fully saturated rings. The summed E-state index contributed by atoms with van der Waals surface area (Å²) in [5.41, 5.74) is 1.51. The summed E-state index contributed by atoms with van der Waals surface area (Å²) in [5, 5.41) is 18.1. The molecule has 0 spiro atoms. The largest absolute Gasteiger partial charge is 0.390 e. The summed E-state index contributed by atoms with van der Waals surface area (Å²) in [5.74, 6) is 0.211. The van der Waals surface area contributed by atoms with E-state index >= 15 is 0 Å². The summed E-state index contributed by atoms with van der Waals surface area (Å²) >= 11 is 5.51. The number of rotatable bonds is 4. The van der Waals surface area contributed by atoms with Crippen molar-refractivity contribution < 1.29 is 5.11 Å². The van der Waals surface area contributed by atoms with Gasteiger partial charge in [-0.2, -0.15) is 5.26 Å². The second-order valence-electron chi connectivity index (χ2n) is 3.35. The number of likely N-dealkylation sites (N-methyl/N-ethyl adjacent to an activating group) is 1. The number of nitrogens with zero attached hydrogens (tertiary/aromatic N) is 2. The first-order valence-corrected chi connectivity index (χ1v) is 5.16. The van der Waals surface area contributed by atoms with Crippen molar-refractivity contribution in [2.45, 2.75) is 6.10 Å². The number of alkyl halides is 1. The first-order valence-electron chi connectivity index (χ1n) is 4.62. The van der Waals surface area contributed by atoms with Gasteiger partial charge in [-0.3, -0.25) is 0 Å². The molecule has 1 aromatic carbocycles. The van der Waals surface area contributed by atoms with Gasteiger partial charge in [0.05, 0.1) is 23.6 Å². The van der Waals surface area contributed by atoms with Crippen LogP contribution in [0.4, 0.5) is 5.69 Å². The van der Waals surface area contributed by atoms with Crippen molar-refractivity contribution in [3.63, 3.8) is 0 Å². The predicted octanol–water partition coefficient (Wildman–Crippen LogP) is 1.59. The summed E-state index contributed by atoms with van der Waals surface area (Å²) in [6.07, 6.45) is -0.553. The minimum atomic E-state index is -0.553. The van der Waals surface area contributed by atoms with Gasteiger partial charge in [-0.25, -0.2) is 0 Å². The van der Waals surface area contributed by atoms with Gasteiger partial charge in [0.15, 0.2) is 0 Å². The summed E-state index contributed by atoms with van der Waals surface area (Å²) in [4.78, 5) is 1.87. The molecule has 0 aliphatic rings. The highest BCUT2D eigenvalue weighted by Crippen LogP contribution is 2.14. The fraction of sp³-hybridized carbons (Fsp3) is 0.364. The van der Waals surface area contributed by atoms with Gasteiger partial charge in [0.25, 0.3) is 0 Å². The third kappa shape index (κ3) is 3.43. The Morgan fingerprint density at radius 2 is 2.33 bits per heavy atom. The summed E-state index contributed by atoms with van der Waals surface area (Å²) in [6.45, 7) is 0.457.